The van der Waals surface area contributed by atoms with Crippen LogP contribution in [-0.4, -0.2) is 136 Å². The van der Waals surface area contributed by atoms with E-state index in [0.29, 0.717) is 37.8 Å². The quantitative estimate of drug-likeness (QED) is 0.0234. The van der Waals surface area contributed by atoms with E-state index in [-0.39, 0.29) is 102 Å². The summed E-state index contributed by atoms with van der Waals surface area (Å²) in [4.78, 5) is 78.9. The number of hydrogen-bond acceptors (Lipinski definition) is 13. The molecular formula is C42H81N5O13S2. The van der Waals surface area contributed by atoms with Crippen LogP contribution in [-0.2, 0) is 52.5 Å². The third-order valence-corrected chi connectivity index (χ3v) is 9.23. The highest BCUT2D eigenvalue weighted by Crippen LogP contribution is 2.13. The molecule has 0 bridgehead atoms. The first-order valence-corrected chi connectivity index (χ1v) is 23.3. The maximum Gasteiger partial charge on any atom is 0.326 e. The van der Waals surface area contributed by atoms with Crippen LogP contribution in [0.4, 0.5) is 0 Å². The maximum absolute atomic E-state index is 12.3. The average Bonchev–Trinajstić information content (AvgIpc) is 3.24. The molecule has 2 atom stereocenters. The summed E-state index contributed by atoms with van der Waals surface area (Å²) in [5.41, 5.74) is 0.444. The van der Waals surface area contributed by atoms with Crippen LogP contribution >= 0.6 is 25.4 Å². The molecule has 0 aliphatic rings. The number of carboxylic acid groups (broad SMARTS) is 2. The molecule has 0 aromatic heterocycles. The molecule has 0 saturated heterocycles. The zero-order valence-electron chi connectivity index (χ0n) is 37.7. The van der Waals surface area contributed by atoms with Gasteiger partial charge in [-0.3, -0.25) is 33.5 Å². The third-order valence-electron chi connectivity index (χ3n) is 8.79. The summed E-state index contributed by atoms with van der Waals surface area (Å²) in [6, 6.07) is -0.806. The van der Waals surface area contributed by atoms with Gasteiger partial charge in [-0.25, -0.2) is 4.79 Å². The summed E-state index contributed by atoms with van der Waals surface area (Å²) in [5, 5.41) is 28.8. The Morgan fingerprint density at radius 3 is 1.40 bits per heavy atom. The number of carbonyl (C=O) groups is 7. The van der Waals surface area contributed by atoms with Crippen molar-refractivity contribution in [1.82, 2.24) is 26.0 Å². The Labute approximate surface area is 381 Å². The molecule has 0 saturated carbocycles. The van der Waals surface area contributed by atoms with Crippen molar-refractivity contribution in [2.45, 2.75) is 155 Å². The van der Waals surface area contributed by atoms with E-state index < -0.39 is 18.0 Å². The molecule has 0 fully saturated rings. The average molecular weight is 928 g/mol. The summed E-state index contributed by atoms with van der Waals surface area (Å²) in [7, 11) is 0. The second kappa shape index (κ2) is 50.6. The Balaban J connectivity index is -0.00000664. The van der Waals surface area contributed by atoms with Crippen LogP contribution in [0, 0.1) is 0 Å². The van der Waals surface area contributed by atoms with Crippen LogP contribution in [0.15, 0.2) is 0 Å². The molecule has 2 unspecified atom stereocenters. The normalized spacial score (nSPS) is 11.4. The highest BCUT2D eigenvalue weighted by molar-refractivity contribution is 7.94. The summed E-state index contributed by atoms with van der Waals surface area (Å²) in [6.45, 7) is 8.42. The van der Waals surface area contributed by atoms with Crippen LogP contribution in [0.1, 0.15) is 143 Å². The van der Waals surface area contributed by atoms with Crippen LogP contribution in [0.5, 0.6) is 0 Å². The van der Waals surface area contributed by atoms with Crippen molar-refractivity contribution in [3.8, 4) is 0 Å². The van der Waals surface area contributed by atoms with E-state index in [1.54, 1.807) is 0 Å². The van der Waals surface area contributed by atoms with Crippen molar-refractivity contribution in [2.24, 2.45) is 0 Å². The minimum Gasteiger partial charge on any atom is -0.481 e. The first-order chi connectivity index (χ1) is 30.0. The Morgan fingerprint density at radius 1 is 0.532 bits per heavy atom. The molecule has 62 heavy (non-hydrogen) atoms. The molecule has 18 nitrogen and oxygen atoms in total. The monoisotopic (exact) mass is 928 g/mol. The molecule has 0 aliphatic carbocycles. The van der Waals surface area contributed by atoms with Gasteiger partial charge in [0.25, 0.3) is 0 Å². The predicted octanol–water partition coefficient (Wildman–Crippen LogP) is 4.42. The minimum atomic E-state index is -1.18. The van der Waals surface area contributed by atoms with Crippen molar-refractivity contribution in [3.63, 3.8) is 0 Å². The lowest BCUT2D eigenvalue weighted by atomic mass is 10.0. The van der Waals surface area contributed by atoms with Crippen molar-refractivity contribution >= 4 is 66.6 Å². The fourth-order valence-electron chi connectivity index (χ4n) is 5.48. The Morgan fingerprint density at radius 2 is 0.952 bits per heavy atom. The van der Waals surface area contributed by atoms with Gasteiger partial charge in [-0.15, -0.1) is 12.6 Å². The number of amides is 4. The fraction of sp³-hybridized carbons (Fsp3) is 0.833. The van der Waals surface area contributed by atoms with Crippen molar-refractivity contribution < 1.29 is 62.7 Å². The van der Waals surface area contributed by atoms with Crippen LogP contribution < -0.4 is 26.0 Å². The lowest BCUT2D eigenvalue weighted by molar-refractivity contribution is -0.142. The lowest BCUT2D eigenvalue weighted by Crippen LogP contribution is -2.41. The largest absolute Gasteiger partial charge is 0.481 e. The highest BCUT2D eigenvalue weighted by Gasteiger charge is 2.20. The van der Waals surface area contributed by atoms with Crippen molar-refractivity contribution in [1.29, 1.82) is 0 Å². The predicted molar refractivity (Wildman–Crippen MR) is 246 cm³/mol. The van der Waals surface area contributed by atoms with Gasteiger partial charge in [0.05, 0.1) is 39.6 Å². The van der Waals surface area contributed by atoms with Crippen LogP contribution in [0.3, 0.4) is 0 Å². The van der Waals surface area contributed by atoms with Gasteiger partial charge in [-0.05, 0) is 39.0 Å². The summed E-state index contributed by atoms with van der Waals surface area (Å²) < 4.78 is 24.2. The second-order valence-electron chi connectivity index (χ2n) is 14.1. The molecule has 7 N–H and O–H groups in total. The van der Waals surface area contributed by atoms with Gasteiger partial charge in [0.15, 0.2) is 5.62 Å². The number of ether oxygens (including phenoxy) is 4. The number of thiol groups is 2. The van der Waals surface area contributed by atoms with Gasteiger partial charge in [-0.1, -0.05) is 97.3 Å². The van der Waals surface area contributed by atoms with Crippen molar-refractivity contribution in [3.05, 3.63) is 0 Å². The molecule has 0 rings (SSSR count). The SMILES string of the molecule is CC.CC(CCCCNC(=O)COCCOCCNC(=O)COCCOCCNC(=O)CCC(NC(=O)CCCCCCCCCCCCCCC(=O)O)C(=O)O)NS.O=CS. The lowest BCUT2D eigenvalue weighted by Gasteiger charge is -2.14. The smallest absolute Gasteiger partial charge is 0.326 e. The molecule has 0 radical (unpaired) electrons. The molecule has 364 valence electrons. The van der Waals surface area contributed by atoms with E-state index >= 15 is 0 Å². The molecule has 0 aromatic rings. The molecule has 4 amide bonds. The van der Waals surface area contributed by atoms with E-state index in [2.05, 4.69) is 51.4 Å². The van der Waals surface area contributed by atoms with E-state index in [4.69, 9.17) is 28.8 Å². The number of nitrogens with one attached hydrogen (secondary N) is 5. The zero-order valence-corrected chi connectivity index (χ0v) is 39.5. The zero-order chi connectivity index (χ0) is 46.9. The Kier molecular flexibility index (Phi) is 51.7. The second-order valence-corrected chi connectivity index (χ2v) is 14.6. The van der Waals surface area contributed by atoms with Crippen LogP contribution in [0.2, 0.25) is 0 Å². The first kappa shape index (κ1) is 63.3. The molecule has 0 heterocycles. The number of hydrogen-bond donors (Lipinski definition) is 9. The summed E-state index contributed by atoms with van der Waals surface area (Å²) in [5.74, 6) is -3.07. The summed E-state index contributed by atoms with van der Waals surface area (Å²) >= 11 is 7.13. The first-order valence-electron chi connectivity index (χ1n) is 22.3. The van der Waals surface area contributed by atoms with Crippen LogP contribution in [0.25, 0.3) is 0 Å². The van der Waals surface area contributed by atoms with Crippen molar-refractivity contribution in [2.75, 3.05) is 72.5 Å². The molecular weight excluding hydrogens is 847 g/mol. The third kappa shape index (κ3) is 51.3. The Bertz CT molecular complexity index is 1130. The number of unbranched alkanes of at least 4 members (excludes halogenated alkanes) is 12. The summed E-state index contributed by atoms with van der Waals surface area (Å²) in [6.07, 6.45) is 15.6. The van der Waals surface area contributed by atoms with E-state index in [1.165, 1.54) is 19.3 Å². The van der Waals surface area contributed by atoms with Gasteiger partial charge < -0.3 is 50.4 Å². The maximum atomic E-state index is 12.3. The molecule has 20 heteroatoms. The van der Waals surface area contributed by atoms with E-state index in [1.807, 2.05) is 20.8 Å². The van der Waals surface area contributed by atoms with E-state index in [0.717, 1.165) is 70.6 Å². The topological polar surface area (TPSA) is 257 Å². The standard InChI is InChI=1S/C39H73N5O12S.C2H6.CH2OS/c1-32(44-57)16-14-15-21-40-36(47)30-55-28-27-54-25-23-42-37(48)31-56-29-26-53-24-22-41-34(45)20-19-33(39(51)52)43-35(46)17-12-10-8-6-4-2-3-5-7-9-11-13-18-38(49)50;1-2;2-1-3/h32-33,44,57H,2-31H2,1H3,(H,40,47)(H,41,45)(H,42,48)(H,43,46)(H,49,50)(H,51,52);1-2H3;1H,(H,2,3). The number of aliphatic carboxylic acids is 2. The van der Waals surface area contributed by atoms with Gasteiger partial charge in [0.1, 0.15) is 19.3 Å². The van der Waals surface area contributed by atoms with Gasteiger partial charge in [-0.2, -0.15) is 0 Å². The number of carbonyl (C=O) groups excluding carboxylic acids is 5. The molecule has 0 aromatic carbocycles. The highest BCUT2D eigenvalue weighted by atomic mass is 32.1. The molecule has 0 spiro atoms. The minimum absolute atomic E-state index is 0.0249. The van der Waals surface area contributed by atoms with E-state index in [9.17, 15) is 33.9 Å². The fourth-order valence-corrected chi connectivity index (χ4v) is 5.61. The molecule has 0 aliphatic heterocycles. The van der Waals surface area contributed by atoms with Gasteiger partial charge in [0, 0.05) is 44.9 Å². The van der Waals surface area contributed by atoms with Gasteiger partial charge in [0.2, 0.25) is 23.6 Å². The Hall–Kier alpha value is -3.01. The number of carboxylic acids is 2. The number of rotatable bonds is 42. The van der Waals surface area contributed by atoms with Gasteiger partial charge >= 0.3 is 11.9 Å².